The van der Waals surface area contributed by atoms with Crippen molar-refractivity contribution >= 4 is 0 Å². The first-order valence-electron chi connectivity index (χ1n) is 10.6. The van der Waals surface area contributed by atoms with Crippen LogP contribution in [0.3, 0.4) is 0 Å². The van der Waals surface area contributed by atoms with Gasteiger partial charge in [0.25, 0.3) is 0 Å². The molecule has 0 amide bonds. The Morgan fingerprint density at radius 3 is 2.48 bits per heavy atom. The van der Waals surface area contributed by atoms with Gasteiger partial charge in [-0.05, 0) is 105 Å². The van der Waals surface area contributed by atoms with Crippen molar-refractivity contribution in [2.75, 3.05) is 0 Å². The van der Waals surface area contributed by atoms with Crippen molar-refractivity contribution in [3.8, 4) is 0 Å². The minimum atomic E-state index is 0.626. The summed E-state index contributed by atoms with van der Waals surface area (Å²) in [6.07, 6.45) is 16.6. The van der Waals surface area contributed by atoms with Gasteiger partial charge in [-0.25, -0.2) is 0 Å². The van der Waals surface area contributed by atoms with Gasteiger partial charge >= 0.3 is 0 Å². The molecule has 4 fully saturated rings. The van der Waals surface area contributed by atoms with E-state index in [4.69, 9.17) is 0 Å². The SMILES string of the molecule is C=C(C)C1CCC2C3CCC4CCCCC4(C)C3CCC2(C)C1. The molecule has 0 heterocycles. The van der Waals surface area contributed by atoms with E-state index in [1.165, 1.54) is 56.9 Å². The topological polar surface area (TPSA) is 0 Å². The van der Waals surface area contributed by atoms with E-state index in [1.54, 1.807) is 19.3 Å². The molecule has 0 N–H and O–H groups in total. The maximum absolute atomic E-state index is 4.29. The van der Waals surface area contributed by atoms with Crippen molar-refractivity contribution in [1.82, 2.24) is 0 Å². The van der Waals surface area contributed by atoms with Crippen LogP contribution in [0.1, 0.15) is 91.4 Å². The predicted molar refractivity (Wildman–Crippen MR) is 99.3 cm³/mol. The molecular weight excluding hydrogens is 276 g/mol. The van der Waals surface area contributed by atoms with E-state index in [-0.39, 0.29) is 0 Å². The number of allylic oxidation sites excluding steroid dienone is 1. The van der Waals surface area contributed by atoms with Gasteiger partial charge in [-0.1, -0.05) is 38.8 Å². The maximum atomic E-state index is 4.29. The second-order valence-electron chi connectivity index (χ2n) is 10.4. The molecule has 0 aromatic heterocycles. The Morgan fingerprint density at radius 1 is 0.870 bits per heavy atom. The number of fused-ring (bicyclic) bond motifs is 5. The van der Waals surface area contributed by atoms with Crippen LogP contribution in [0, 0.1) is 40.4 Å². The molecule has 0 spiro atoms. The van der Waals surface area contributed by atoms with Crippen molar-refractivity contribution in [3.63, 3.8) is 0 Å². The third-order valence-corrected chi connectivity index (χ3v) is 9.34. The summed E-state index contributed by atoms with van der Waals surface area (Å²) in [5, 5.41) is 0. The number of hydrogen-bond donors (Lipinski definition) is 0. The molecule has 0 aromatic rings. The highest BCUT2D eigenvalue weighted by atomic mass is 14.6. The van der Waals surface area contributed by atoms with Gasteiger partial charge in [0.05, 0.1) is 0 Å². The summed E-state index contributed by atoms with van der Waals surface area (Å²) in [5.41, 5.74) is 2.78. The third-order valence-electron chi connectivity index (χ3n) is 9.34. The second kappa shape index (κ2) is 5.63. The first-order valence-corrected chi connectivity index (χ1v) is 10.6. The summed E-state index contributed by atoms with van der Waals surface area (Å²) in [6, 6.07) is 0. The van der Waals surface area contributed by atoms with Crippen LogP contribution in [0.4, 0.5) is 0 Å². The first kappa shape index (κ1) is 16.2. The Balaban J connectivity index is 1.58. The van der Waals surface area contributed by atoms with Crippen LogP contribution in [0.2, 0.25) is 0 Å². The molecule has 4 aliphatic carbocycles. The maximum Gasteiger partial charge on any atom is -0.0203 e. The molecule has 0 aromatic carbocycles. The van der Waals surface area contributed by atoms with E-state index < -0.39 is 0 Å². The van der Waals surface area contributed by atoms with Crippen molar-refractivity contribution in [2.45, 2.75) is 91.4 Å². The Labute approximate surface area is 144 Å². The fraction of sp³-hybridized carbons (Fsp3) is 0.913. The monoisotopic (exact) mass is 314 g/mol. The van der Waals surface area contributed by atoms with Crippen LogP contribution in [0.5, 0.6) is 0 Å². The summed E-state index contributed by atoms with van der Waals surface area (Å²) < 4.78 is 0. The van der Waals surface area contributed by atoms with Crippen molar-refractivity contribution < 1.29 is 0 Å². The lowest BCUT2D eigenvalue weighted by Crippen LogP contribution is -2.54. The summed E-state index contributed by atoms with van der Waals surface area (Å²) in [7, 11) is 0. The molecular formula is C23H38. The van der Waals surface area contributed by atoms with Crippen LogP contribution in [-0.4, -0.2) is 0 Å². The minimum absolute atomic E-state index is 0.626. The highest BCUT2D eigenvalue weighted by molar-refractivity contribution is 5.09. The predicted octanol–water partition coefficient (Wildman–Crippen LogP) is 7.00. The van der Waals surface area contributed by atoms with Crippen LogP contribution in [-0.2, 0) is 0 Å². The highest BCUT2D eigenvalue weighted by Gasteiger charge is 2.57. The van der Waals surface area contributed by atoms with Gasteiger partial charge in [-0.15, -0.1) is 0 Å². The van der Waals surface area contributed by atoms with Crippen LogP contribution in [0.15, 0.2) is 12.2 Å². The number of hydrogen-bond acceptors (Lipinski definition) is 0. The van der Waals surface area contributed by atoms with Crippen LogP contribution >= 0.6 is 0 Å². The van der Waals surface area contributed by atoms with E-state index in [1.807, 2.05) is 0 Å². The minimum Gasteiger partial charge on any atom is -0.0999 e. The van der Waals surface area contributed by atoms with E-state index in [2.05, 4.69) is 27.4 Å². The van der Waals surface area contributed by atoms with Crippen LogP contribution in [0.25, 0.3) is 0 Å². The van der Waals surface area contributed by atoms with Gasteiger partial charge in [0, 0.05) is 0 Å². The molecule has 7 unspecified atom stereocenters. The molecule has 4 rings (SSSR count). The van der Waals surface area contributed by atoms with Crippen molar-refractivity contribution in [2.24, 2.45) is 40.4 Å². The fourth-order valence-electron chi connectivity index (χ4n) is 7.97. The molecule has 0 bridgehead atoms. The smallest absolute Gasteiger partial charge is 0.0203 e. The van der Waals surface area contributed by atoms with Gasteiger partial charge in [0.1, 0.15) is 0 Å². The second-order valence-corrected chi connectivity index (χ2v) is 10.4. The van der Waals surface area contributed by atoms with Gasteiger partial charge < -0.3 is 0 Å². The van der Waals surface area contributed by atoms with Gasteiger partial charge in [0.2, 0.25) is 0 Å². The van der Waals surface area contributed by atoms with Crippen molar-refractivity contribution in [1.29, 1.82) is 0 Å². The average Bonchev–Trinajstić information content (AvgIpc) is 2.52. The Morgan fingerprint density at radius 2 is 1.70 bits per heavy atom. The molecule has 0 heteroatoms. The summed E-state index contributed by atoms with van der Waals surface area (Å²) in [4.78, 5) is 0. The van der Waals surface area contributed by atoms with Crippen LogP contribution < -0.4 is 0 Å². The van der Waals surface area contributed by atoms with Gasteiger partial charge in [-0.3, -0.25) is 0 Å². The Kier molecular flexibility index (Phi) is 3.97. The van der Waals surface area contributed by atoms with E-state index >= 15 is 0 Å². The molecule has 0 aliphatic heterocycles. The summed E-state index contributed by atoms with van der Waals surface area (Å²) >= 11 is 0. The molecule has 4 saturated carbocycles. The standard InChI is InChI=1S/C23H38/c1-16(2)17-8-11-20-19-10-9-18-7-5-6-13-23(18,4)21(19)12-14-22(20,3)15-17/h17-21H,1,5-15H2,2-4H3. The molecule has 0 radical (unpaired) electrons. The Bertz CT molecular complexity index is 476. The molecule has 0 nitrogen and oxygen atoms in total. The third kappa shape index (κ3) is 2.46. The molecule has 0 saturated heterocycles. The molecule has 23 heavy (non-hydrogen) atoms. The fourth-order valence-corrected chi connectivity index (χ4v) is 7.97. The largest absolute Gasteiger partial charge is 0.0999 e. The lowest BCUT2D eigenvalue weighted by Gasteiger charge is -2.62. The lowest BCUT2D eigenvalue weighted by atomic mass is 9.42. The van der Waals surface area contributed by atoms with Gasteiger partial charge in [-0.2, -0.15) is 0 Å². The molecule has 7 atom stereocenters. The average molecular weight is 315 g/mol. The van der Waals surface area contributed by atoms with E-state index in [9.17, 15) is 0 Å². The van der Waals surface area contributed by atoms with E-state index in [0.29, 0.717) is 10.8 Å². The zero-order valence-corrected chi connectivity index (χ0v) is 15.9. The molecule has 130 valence electrons. The zero-order chi connectivity index (χ0) is 16.2. The summed E-state index contributed by atoms with van der Waals surface area (Å²) in [5.74, 6) is 5.01. The van der Waals surface area contributed by atoms with Crippen molar-refractivity contribution in [3.05, 3.63) is 12.2 Å². The first-order chi connectivity index (χ1) is 10.9. The van der Waals surface area contributed by atoms with E-state index in [0.717, 1.165) is 29.6 Å². The normalized spacial score (nSPS) is 52.9. The van der Waals surface area contributed by atoms with Gasteiger partial charge in [0.15, 0.2) is 0 Å². The summed E-state index contributed by atoms with van der Waals surface area (Å²) in [6.45, 7) is 11.9. The zero-order valence-electron chi connectivity index (χ0n) is 15.9. The Hall–Kier alpha value is -0.260. The quantitative estimate of drug-likeness (QED) is 0.457. The number of rotatable bonds is 1. The molecule has 4 aliphatic rings. The lowest BCUT2D eigenvalue weighted by molar-refractivity contribution is -0.128. The highest BCUT2D eigenvalue weighted by Crippen LogP contribution is 2.66.